The summed E-state index contributed by atoms with van der Waals surface area (Å²) in [5, 5.41) is 6.34. The van der Waals surface area contributed by atoms with Crippen LogP contribution in [0.5, 0.6) is 0 Å². The third-order valence-corrected chi connectivity index (χ3v) is 6.65. The smallest absolute Gasteiger partial charge is 0.315 e. The van der Waals surface area contributed by atoms with Crippen molar-refractivity contribution in [3.63, 3.8) is 0 Å². The minimum absolute atomic E-state index is 0. The summed E-state index contributed by atoms with van der Waals surface area (Å²) in [6.07, 6.45) is 3.49. The second-order valence-electron chi connectivity index (χ2n) is 8.32. The van der Waals surface area contributed by atoms with E-state index in [4.69, 9.17) is 16.6 Å². The van der Waals surface area contributed by atoms with Crippen LogP contribution in [-0.4, -0.2) is 41.0 Å². The molecule has 0 radical (unpaired) electrons. The van der Waals surface area contributed by atoms with Gasteiger partial charge in [0.1, 0.15) is 5.82 Å². The lowest BCUT2D eigenvalue weighted by molar-refractivity contribution is -0.117. The molecule has 1 aromatic carbocycles. The number of fused-ring (bicyclic) bond motifs is 1. The minimum Gasteiger partial charge on any atom is -0.315 e. The molecule has 2 heterocycles. The number of benzene rings is 1. The maximum absolute atomic E-state index is 13.6. The quantitative estimate of drug-likeness (QED) is 0.615. The van der Waals surface area contributed by atoms with Gasteiger partial charge in [0.05, 0.1) is 29.7 Å². The molecule has 1 aliphatic heterocycles. The first kappa shape index (κ1) is 24.3. The van der Waals surface area contributed by atoms with E-state index in [0.717, 1.165) is 18.5 Å². The first-order valence-electron chi connectivity index (χ1n) is 10.7. The number of halogens is 2. The van der Waals surface area contributed by atoms with Crippen LogP contribution < -0.4 is 15.5 Å². The molecule has 3 amide bonds. The van der Waals surface area contributed by atoms with Gasteiger partial charge < -0.3 is 15.5 Å². The maximum atomic E-state index is 13.6. The molecule has 7 nitrogen and oxygen atoms in total. The van der Waals surface area contributed by atoms with Gasteiger partial charge >= 0.3 is 6.03 Å². The number of anilines is 3. The second kappa shape index (κ2) is 10.1. The first-order chi connectivity index (χ1) is 14.9. The first-order valence-corrected chi connectivity index (χ1v) is 11.1. The Hall–Kier alpha value is -2.35. The number of rotatable bonds is 6. The Morgan fingerprint density at radius 2 is 1.97 bits per heavy atom. The Labute approximate surface area is 199 Å². The topological polar surface area (TPSA) is 77.6 Å². The number of hydrogen-bond donors (Lipinski definition) is 2. The van der Waals surface area contributed by atoms with Gasteiger partial charge in [0.15, 0.2) is 0 Å². The molecular weight excluding hydrogens is 449 g/mol. The Balaban J connectivity index is 0.00000289. The highest BCUT2D eigenvalue weighted by molar-refractivity contribution is 6.31. The van der Waals surface area contributed by atoms with Gasteiger partial charge in [-0.3, -0.25) is 9.69 Å². The number of carbonyl (C=O) groups excluding carboxylic acids is 2. The van der Waals surface area contributed by atoms with Crippen molar-refractivity contribution in [2.45, 2.75) is 51.7 Å². The van der Waals surface area contributed by atoms with E-state index in [1.165, 1.54) is 6.42 Å². The van der Waals surface area contributed by atoms with E-state index in [9.17, 15) is 9.59 Å². The van der Waals surface area contributed by atoms with Crippen molar-refractivity contribution in [3.8, 4) is 0 Å². The van der Waals surface area contributed by atoms with E-state index in [2.05, 4.69) is 17.6 Å². The summed E-state index contributed by atoms with van der Waals surface area (Å²) in [7, 11) is 1.73. The van der Waals surface area contributed by atoms with Crippen molar-refractivity contribution in [2.24, 2.45) is 5.92 Å². The van der Waals surface area contributed by atoms with Gasteiger partial charge in [0, 0.05) is 11.1 Å². The van der Waals surface area contributed by atoms with Gasteiger partial charge in [0.2, 0.25) is 5.91 Å². The van der Waals surface area contributed by atoms with Gasteiger partial charge in [-0.2, -0.15) is 0 Å². The number of aromatic nitrogens is 1. The number of nitrogens with zero attached hydrogens (tertiary/aromatic N) is 3. The summed E-state index contributed by atoms with van der Waals surface area (Å²) in [5.74, 6) is 0.821. The summed E-state index contributed by atoms with van der Waals surface area (Å²) in [5.41, 5.74) is 2.16. The molecule has 1 saturated carbocycles. The minimum atomic E-state index is -0.336. The number of amides is 3. The van der Waals surface area contributed by atoms with Crippen molar-refractivity contribution in [1.29, 1.82) is 0 Å². The van der Waals surface area contributed by atoms with Crippen molar-refractivity contribution in [2.75, 3.05) is 17.3 Å². The number of hydrogen-bond acceptors (Lipinski definition) is 4. The fourth-order valence-corrected chi connectivity index (χ4v) is 4.25. The van der Waals surface area contributed by atoms with Crippen LogP contribution in [0.4, 0.5) is 22.0 Å². The van der Waals surface area contributed by atoms with Crippen molar-refractivity contribution < 1.29 is 9.59 Å². The summed E-state index contributed by atoms with van der Waals surface area (Å²) < 4.78 is 0. The fraction of sp³-hybridized carbons (Fsp3) is 0.435. The average molecular weight is 478 g/mol. The molecule has 9 heteroatoms. The number of nitrogens with one attached hydrogen (secondary N) is 2. The molecule has 1 aromatic heterocycles. The molecule has 1 aliphatic carbocycles. The molecule has 172 valence electrons. The molecule has 2 unspecified atom stereocenters. The summed E-state index contributed by atoms with van der Waals surface area (Å²) >= 11 is 6.23. The van der Waals surface area contributed by atoms with Gasteiger partial charge in [-0.25, -0.2) is 9.78 Å². The number of pyridine rings is 1. The van der Waals surface area contributed by atoms with Crippen LogP contribution in [0.2, 0.25) is 5.02 Å². The third-order valence-electron chi connectivity index (χ3n) is 6.42. The van der Waals surface area contributed by atoms with E-state index < -0.39 is 0 Å². The van der Waals surface area contributed by atoms with E-state index in [0.29, 0.717) is 34.7 Å². The van der Waals surface area contributed by atoms with Gasteiger partial charge in [0.25, 0.3) is 0 Å². The molecule has 2 N–H and O–H groups in total. The monoisotopic (exact) mass is 477 g/mol. The van der Waals surface area contributed by atoms with Crippen LogP contribution in [0, 0.1) is 5.92 Å². The predicted octanol–water partition coefficient (Wildman–Crippen LogP) is 4.97. The number of carbonyl (C=O) groups is 2. The molecular formula is C23H29Cl2N5O2. The lowest BCUT2D eigenvalue weighted by Crippen LogP contribution is -2.52. The van der Waals surface area contributed by atoms with E-state index >= 15 is 0 Å². The lowest BCUT2D eigenvalue weighted by Gasteiger charge is -2.44. The van der Waals surface area contributed by atoms with Gasteiger partial charge in [-0.05, 0) is 70.0 Å². The normalized spacial score (nSPS) is 17.7. The van der Waals surface area contributed by atoms with Crippen LogP contribution in [-0.2, 0) is 11.3 Å². The fourth-order valence-electron chi connectivity index (χ4n) is 4.07. The summed E-state index contributed by atoms with van der Waals surface area (Å²) in [6, 6.07) is 10.5. The summed E-state index contributed by atoms with van der Waals surface area (Å²) in [4.78, 5) is 34.1. The van der Waals surface area contributed by atoms with E-state index in [1.54, 1.807) is 37.1 Å². The van der Waals surface area contributed by atoms with Crippen molar-refractivity contribution in [1.82, 2.24) is 15.2 Å². The molecule has 2 atom stereocenters. The second-order valence-corrected chi connectivity index (χ2v) is 8.76. The standard InChI is InChI=1S/C23H28ClN5O2.ClH/c1-14(25-3)22(30)27-21-11-10-20-19(26-21)13-28(15(2)16-6-4-7-16)23(31)29(20)18-9-5-8-17(24)12-18;/h5,8-12,14-16,25H,4,6-7,13H2,1-3H3,(H,26,27,30);1H. The molecule has 1 fully saturated rings. The lowest BCUT2D eigenvalue weighted by atomic mass is 9.79. The largest absolute Gasteiger partial charge is 0.329 e. The number of urea groups is 1. The zero-order chi connectivity index (χ0) is 22.1. The Kier molecular flexibility index (Phi) is 7.64. The highest BCUT2D eigenvalue weighted by Gasteiger charge is 2.39. The van der Waals surface area contributed by atoms with Crippen LogP contribution in [0.15, 0.2) is 36.4 Å². The Morgan fingerprint density at radius 3 is 2.59 bits per heavy atom. The van der Waals surface area contributed by atoms with Crippen LogP contribution >= 0.6 is 24.0 Å². The number of likely N-dealkylation sites (N-methyl/N-ethyl adjacent to an activating group) is 1. The molecule has 0 spiro atoms. The zero-order valence-electron chi connectivity index (χ0n) is 18.5. The highest BCUT2D eigenvalue weighted by atomic mass is 35.5. The van der Waals surface area contributed by atoms with Crippen LogP contribution in [0.1, 0.15) is 38.8 Å². The molecule has 0 saturated heterocycles. The average Bonchev–Trinajstić information content (AvgIpc) is 2.71. The van der Waals surface area contributed by atoms with Crippen LogP contribution in [0.25, 0.3) is 0 Å². The Bertz CT molecular complexity index is 998. The Morgan fingerprint density at radius 1 is 1.22 bits per heavy atom. The van der Waals surface area contributed by atoms with Crippen molar-refractivity contribution in [3.05, 3.63) is 47.1 Å². The molecule has 0 bridgehead atoms. The molecule has 2 aliphatic rings. The SMILES string of the molecule is CNC(C)C(=O)Nc1ccc2c(n1)CN(C(C)C1CCC1)C(=O)N2c1cccc(Cl)c1.Cl. The van der Waals surface area contributed by atoms with Gasteiger partial charge in [-0.15, -0.1) is 12.4 Å². The molecule has 2 aromatic rings. The third kappa shape index (κ3) is 4.70. The predicted molar refractivity (Wildman–Crippen MR) is 130 cm³/mol. The van der Waals surface area contributed by atoms with Crippen LogP contribution in [0.3, 0.4) is 0 Å². The molecule has 4 rings (SSSR count). The van der Waals surface area contributed by atoms with Gasteiger partial charge in [-0.1, -0.05) is 24.1 Å². The summed E-state index contributed by atoms with van der Waals surface area (Å²) in [6.45, 7) is 4.31. The van der Waals surface area contributed by atoms with E-state index in [1.807, 2.05) is 23.1 Å². The maximum Gasteiger partial charge on any atom is 0.329 e. The highest BCUT2D eigenvalue weighted by Crippen LogP contribution is 2.39. The van der Waals surface area contributed by atoms with E-state index in [-0.39, 0.29) is 36.4 Å². The zero-order valence-corrected chi connectivity index (χ0v) is 20.0. The molecule has 32 heavy (non-hydrogen) atoms. The van der Waals surface area contributed by atoms with Crippen molar-refractivity contribution >= 4 is 53.1 Å².